The van der Waals surface area contributed by atoms with Crippen molar-refractivity contribution in [3.63, 3.8) is 0 Å². The lowest BCUT2D eigenvalue weighted by molar-refractivity contribution is -0.115. The Kier molecular flexibility index (Phi) is 3.63. The Morgan fingerprint density at radius 1 is 0.938 bits per heavy atom. The molecule has 2 aliphatic carbocycles. The van der Waals surface area contributed by atoms with Gasteiger partial charge in [-0.25, -0.2) is 0 Å². The van der Waals surface area contributed by atoms with Gasteiger partial charge in [-0.2, -0.15) is 0 Å². The van der Waals surface area contributed by atoms with E-state index in [1.54, 1.807) is 0 Å². The molecule has 16 heavy (non-hydrogen) atoms. The summed E-state index contributed by atoms with van der Waals surface area (Å²) in [5.41, 5.74) is -0.341. The smallest absolute Gasteiger partial charge is 0.0703 e. The standard InChI is InChI=1S/C15H28O/c1-11-5-4-6-14(9-11)15(16)10-12(2)7-8-13(15)3/h11-14,16H,4-10H2,1-3H3. The molecule has 2 rings (SSSR count). The maximum Gasteiger partial charge on any atom is 0.0703 e. The van der Waals surface area contributed by atoms with E-state index in [2.05, 4.69) is 20.8 Å². The molecule has 0 aliphatic heterocycles. The van der Waals surface area contributed by atoms with Gasteiger partial charge in [-0.1, -0.05) is 40.0 Å². The van der Waals surface area contributed by atoms with Crippen LogP contribution in [-0.2, 0) is 0 Å². The van der Waals surface area contributed by atoms with E-state index in [1.807, 2.05) is 0 Å². The van der Waals surface area contributed by atoms with Crippen LogP contribution in [0.15, 0.2) is 0 Å². The third-order valence-corrected chi connectivity index (χ3v) is 5.26. The van der Waals surface area contributed by atoms with Crippen molar-refractivity contribution in [2.24, 2.45) is 23.7 Å². The topological polar surface area (TPSA) is 20.2 Å². The second kappa shape index (κ2) is 4.68. The third kappa shape index (κ3) is 2.30. The van der Waals surface area contributed by atoms with Crippen LogP contribution in [0.3, 0.4) is 0 Å². The summed E-state index contributed by atoms with van der Waals surface area (Å²) in [6.45, 7) is 6.93. The molecule has 1 N–H and O–H groups in total. The lowest BCUT2D eigenvalue weighted by atomic mass is 9.61. The van der Waals surface area contributed by atoms with Gasteiger partial charge in [0.1, 0.15) is 0 Å². The summed E-state index contributed by atoms with van der Waals surface area (Å²) in [6.07, 6.45) is 8.80. The molecule has 0 aromatic rings. The molecule has 0 spiro atoms. The van der Waals surface area contributed by atoms with E-state index in [-0.39, 0.29) is 5.60 Å². The van der Waals surface area contributed by atoms with Gasteiger partial charge in [0.15, 0.2) is 0 Å². The zero-order valence-corrected chi connectivity index (χ0v) is 11.2. The van der Waals surface area contributed by atoms with E-state index in [4.69, 9.17) is 0 Å². The van der Waals surface area contributed by atoms with Gasteiger partial charge in [-0.15, -0.1) is 0 Å². The van der Waals surface area contributed by atoms with Gasteiger partial charge < -0.3 is 5.11 Å². The van der Waals surface area contributed by atoms with Crippen LogP contribution in [0.4, 0.5) is 0 Å². The summed E-state index contributed by atoms with van der Waals surface area (Å²) < 4.78 is 0. The maximum absolute atomic E-state index is 11.1. The van der Waals surface area contributed by atoms with E-state index < -0.39 is 0 Å². The summed E-state index contributed by atoms with van der Waals surface area (Å²) >= 11 is 0. The highest BCUT2D eigenvalue weighted by molar-refractivity contribution is 4.96. The third-order valence-electron chi connectivity index (χ3n) is 5.26. The van der Waals surface area contributed by atoms with Crippen molar-refractivity contribution in [3.8, 4) is 0 Å². The molecule has 0 amide bonds. The van der Waals surface area contributed by atoms with Crippen molar-refractivity contribution in [1.82, 2.24) is 0 Å². The van der Waals surface area contributed by atoms with Gasteiger partial charge in [0, 0.05) is 0 Å². The van der Waals surface area contributed by atoms with Crippen LogP contribution < -0.4 is 0 Å². The average Bonchev–Trinajstić information content (AvgIpc) is 2.24. The number of hydrogen-bond acceptors (Lipinski definition) is 1. The molecule has 1 nitrogen and oxygen atoms in total. The molecule has 2 aliphatic rings. The molecule has 0 heterocycles. The Labute approximate surface area is 101 Å². The summed E-state index contributed by atoms with van der Waals surface area (Å²) in [5, 5.41) is 11.1. The van der Waals surface area contributed by atoms with E-state index in [1.165, 1.54) is 38.5 Å². The highest BCUT2D eigenvalue weighted by Crippen LogP contribution is 2.47. The highest BCUT2D eigenvalue weighted by Gasteiger charge is 2.45. The number of rotatable bonds is 1. The molecule has 94 valence electrons. The normalized spacial score (nSPS) is 50.2. The van der Waals surface area contributed by atoms with Crippen LogP contribution in [0.25, 0.3) is 0 Å². The Morgan fingerprint density at radius 2 is 1.69 bits per heavy atom. The van der Waals surface area contributed by atoms with Crippen LogP contribution in [-0.4, -0.2) is 10.7 Å². The molecule has 1 heteroatoms. The fourth-order valence-corrected chi connectivity index (χ4v) is 4.10. The molecule has 0 saturated heterocycles. The van der Waals surface area contributed by atoms with Crippen molar-refractivity contribution in [2.75, 3.05) is 0 Å². The van der Waals surface area contributed by atoms with Crippen LogP contribution in [0, 0.1) is 23.7 Å². The van der Waals surface area contributed by atoms with E-state index >= 15 is 0 Å². The largest absolute Gasteiger partial charge is 0.389 e. The molecule has 2 saturated carbocycles. The van der Waals surface area contributed by atoms with Crippen molar-refractivity contribution in [1.29, 1.82) is 0 Å². The van der Waals surface area contributed by atoms with Crippen molar-refractivity contribution < 1.29 is 5.11 Å². The van der Waals surface area contributed by atoms with Gasteiger partial charge >= 0.3 is 0 Å². The van der Waals surface area contributed by atoms with Gasteiger partial charge in [0.2, 0.25) is 0 Å². The average molecular weight is 224 g/mol. The molecular weight excluding hydrogens is 196 g/mol. The number of aliphatic hydroxyl groups is 1. The zero-order valence-electron chi connectivity index (χ0n) is 11.2. The lowest BCUT2D eigenvalue weighted by Crippen LogP contribution is -2.49. The van der Waals surface area contributed by atoms with E-state index in [0.717, 1.165) is 18.3 Å². The fraction of sp³-hybridized carbons (Fsp3) is 1.00. The molecule has 0 bridgehead atoms. The zero-order chi connectivity index (χ0) is 11.8. The molecule has 0 aromatic carbocycles. The Bertz CT molecular complexity index is 238. The molecule has 5 atom stereocenters. The maximum atomic E-state index is 11.1. The molecule has 2 fully saturated rings. The van der Waals surface area contributed by atoms with Crippen LogP contribution >= 0.6 is 0 Å². The fourth-order valence-electron chi connectivity index (χ4n) is 4.10. The van der Waals surface area contributed by atoms with Gasteiger partial charge in [0.25, 0.3) is 0 Å². The Balaban J connectivity index is 2.09. The molecule has 0 aromatic heterocycles. The van der Waals surface area contributed by atoms with Crippen molar-refractivity contribution in [3.05, 3.63) is 0 Å². The van der Waals surface area contributed by atoms with Crippen molar-refractivity contribution in [2.45, 2.75) is 71.3 Å². The molecule has 0 radical (unpaired) electrons. The Hall–Kier alpha value is -0.0400. The molecule has 5 unspecified atom stereocenters. The first kappa shape index (κ1) is 12.4. The second-order valence-corrected chi connectivity index (χ2v) is 6.75. The van der Waals surface area contributed by atoms with E-state index in [9.17, 15) is 5.11 Å². The van der Waals surface area contributed by atoms with Gasteiger partial charge in [-0.3, -0.25) is 0 Å². The second-order valence-electron chi connectivity index (χ2n) is 6.75. The highest BCUT2D eigenvalue weighted by atomic mass is 16.3. The van der Waals surface area contributed by atoms with Crippen LogP contribution in [0.2, 0.25) is 0 Å². The first-order valence-electron chi connectivity index (χ1n) is 7.24. The summed E-state index contributed by atoms with van der Waals surface area (Å²) in [5.74, 6) is 2.64. The van der Waals surface area contributed by atoms with Gasteiger partial charge in [0.05, 0.1) is 5.60 Å². The van der Waals surface area contributed by atoms with E-state index in [0.29, 0.717) is 11.8 Å². The summed E-state index contributed by atoms with van der Waals surface area (Å²) in [7, 11) is 0. The molecular formula is C15H28O. The van der Waals surface area contributed by atoms with Crippen LogP contribution in [0.1, 0.15) is 65.7 Å². The minimum atomic E-state index is -0.341. The predicted octanol–water partition coefficient (Wildman–Crippen LogP) is 4.00. The monoisotopic (exact) mass is 224 g/mol. The lowest BCUT2D eigenvalue weighted by Gasteiger charge is -2.48. The minimum Gasteiger partial charge on any atom is -0.389 e. The first-order chi connectivity index (χ1) is 7.52. The Morgan fingerprint density at radius 3 is 2.38 bits per heavy atom. The SMILES string of the molecule is CC1CCCC(C2(O)CC(C)CCC2C)C1. The summed E-state index contributed by atoms with van der Waals surface area (Å²) in [6, 6.07) is 0. The first-order valence-corrected chi connectivity index (χ1v) is 7.24. The quantitative estimate of drug-likeness (QED) is 0.714. The summed E-state index contributed by atoms with van der Waals surface area (Å²) in [4.78, 5) is 0. The van der Waals surface area contributed by atoms with Crippen molar-refractivity contribution >= 4 is 0 Å². The number of hydrogen-bond donors (Lipinski definition) is 1. The predicted molar refractivity (Wildman–Crippen MR) is 68.3 cm³/mol. The minimum absolute atomic E-state index is 0.341. The van der Waals surface area contributed by atoms with Crippen LogP contribution in [0.5, 0.6) is 0 Å². The van der Waals surface area contributed by atoms with Gasteiger partial charge in [-0.05, 0) is 49.4 Å².